The van der Waals surface area contributed by atoms with E-state index in [1.165, 1.54) is 7.11 Å². The fraction of sp³-hybridized carbons (Fsp3) is 0.263. The molecule has 5 heteroatoms. The molecular formula is C19H20O5. The number of hydrogen-bond donors (Lipinski definition) is 0. The van der Waals surface area contributed by atoms with E-state index in [0.29, 0.717) is 30.1 Å². The Balaban J connectivity index is 1.69. The van der Waals surface area contributed by atoms with Crippen LogP contribution in [0.5, 0.6) is 11.5 Å². The lowest BCUT2D eigenvalue weighted by Gasteiger charge is -2.09. The van der Waals surface area contributed by atoms with E-state index in [1.807, 2.05) is 30.3 Å². The third-order valence-corrected chi connectivity index (χ3v) is 3.37. The molecule has 0 heterocycles. The first-order chi connectivity index (χ1) is 11.7. The number of carbonyl (C=O) groups is 2. The highest BCUT2D eigenvalue weighted by molar-refractivity contribution is 5.79. The van der Waals surface area contributed by atoms with Crippen molar-refractivity contribution in [2.45, 2.75) is 19.4 Å². The van der Waals surface area contributed by atoms with Crippen LogP contribution >= 0.6 is 0 Å². The highest BCUT2D eigenvalue weighted by Crippen LogP contribution is 2.23. The number of aldehydes is 1. The van der Waals surface area contributed by atoms with Crippen LogP contribution in [-0.2, 0) is 16.1 Å². The van der Waals surface area contributed by atoms with Crippen molar-refractivity contribution in [3.63, 3.8) is 0 Å². The van der Waals surface area contributed by atoms with Crippen LogP contribution in [0.2, 0.25) is 0 Å². The maximum absolute atomic E-state index is 11.7. The molecule has 0 aliphatic carbocycles. The molecule has 0 N–H and O–H groups in total. The molecule has 0 aliphatic rings. The van der Waals surface area contributed by atoms with Crippen LogP contribution in [0, 0.1) is 0 Å². The predicted octanol–water partition coefficient (Wildman–Crippen LogP) is 3.41. The average molecular weight is 328 g/mol. The average Bonchev–Trinajstić information content (AvgIpc) is 2.64. The molecule has 2 aromatic rings. The van der Waals surface area contributed by atoms with E-state index in [2.05, 4.69) is 0 Å². The molecule has 2 aromatic carbocycles. The summed E-state index contributed by atoms with van der Waals surface area (Å²) in [6, 6.07) is 14.5. The number of ether oxygens (including phenoxy) is 3. The lowest BCUT2D eigenvalue weighted by Crippen LogP contribution is -2.07. The monoisotopic (exact) mass is 328 g/mol. The van der Waals surface area contributed by atoms with Crippen molar-refractivity contribution in [2.24, 2.45) is 0 Å². The Hall–Kier alpha value is -2.82. The normalized spacial score (nSPS) is 10.0. The first kappa shape index (κ1) is 17.5. The van der Waals surface area contributed by atoms with Crippen LogP contribution in [0.25, 0.3) is 0 Å². The summed E-state index contributed by atoms with van der Waals surface area (Å²) in [7, 11) is 1.49. The minimum Gasteiger partial charge on any atom is -0.496 e. The number of rotatable bonds is 9. The zero-order valence-electron chi connectivity index (χ0n) is 13.6. The van der Waals surface area contributed by atoms with Crippen LogP contribution < -0.4 is 9.47 Å². The molecule has 0 aromatic heterocycles. The Morgan fingerprint density at radius 1 is 1.12 bits per heavy atom. The Labute approximate surface area is 141 Å². The van der Waals surface area contributed by atoms with E-state index in [0.717, 1.165) is 11.8 Å². The van der Waals surface area contributed by atoms with Gasteiger partial charge in [0.05, 0.1) is 19.3 Å². The zero-order chi connectivity index (χ0) is 17.2. The van der Waals surface area contributed by atoms with Gasteiger partial charge in [0.15, 0.2) is 6.29 Å². The number of hydrogen-bond acceptors (Lipinski definition) is 5. The van der Waals surface area contributed by atoms with Crippen LogP contribution in [0.3, 0.4) is 0 Å². The van der Waals surface area contributed by atoms with Crippen molar-refractivity contribution < 1.29 is 23.8 Å². The summed E-state index contributed by atoms with van der Waals surface area (Å²) in [6.45, 7) is 0.662. The molecule has 0 bridgehead atoms. The number of carbonyl (C=O) groups excluding carboxylic acids is 2. The smallest absolute Gasteiger partial charge is 0.306 e. The van der Waals surface area contributed by atoms with Crippen molar-refractivity contribution in [1.29, 1.82) is 0 Å². The standard InChI is InChI=1S/C19H20O5/c1-22-18-12-17(10-9-16(18)13-20)23-11-5-8-19(21)24-14-15-6-3-2-4-7-15/h2-4,6-7,9-10,12-13H,5,8,11,14H2,1H3. The second kappa shape index (κ2) is 9.35. The first-order valence-electron chi connectivity index (χ1n) is 7.68. The van der Waals surface area contributed by atoms with E-state index in [1.54, 1.807) is 18.2 Å². The van der Waals surface area contributed by atoms with E-state index < -0.39 is 0 Å². The van der Waals surface area contributed by atoms with E-state index in [4.69, 9.17) is 14.2 Å². The fourth-order valence-electron chi connectivity index (χ4n) is 2.10. The highest BCUT2D eigenvalue weighted by atomic mass is 16.5. The summed E-state index contributed by atoms with van der Waals surface area (Å²) in [5, 5.41) is 0. The van der Waals surface area contributed by atoms with E-state index >= 15 is 0 Å². The largest absolute Gasteiger partial charge is 0.496 e. The second-order valence-electron chi connectivity index (χ2n) is 5.12. The van der Waals surface area contributed by atoms with Crippen LogP contribution in [0.4, 0.5) is 0 Å². The van der Waals surface area contributed by atoms with Gasteiger partial charge in [0.25, 0.3) is 0 Å². The summed E-state index contributed by atoms with van der Waals surface area (Å²) in [5.41, 5.74) is 1.43. The van der Waals surface area contributed by atoms with Crippen LogP contribution in [0.15, 0.2) is 48.5 Å². The zero-order valence-corrected chi connectivity index (χ0v) is 13.6. The Bertz CT molecular complexity index is 667. The number of methoxy groups -OCH3 is 1. The van der Waals surface area contributed by atoms with Gasteiger partial charge in [-0.25, -0.2) is 0 Å². The lowest BCUT2D eigenvalue weighted by molar-refractivity contribution is -0.145. The van der Waals surface area contributed by atoms with Crippen molar-refractivity contribution in [1.82, 2.24) is 0 Å². The van der Waals surface area contributed by atoms with Crippen molar-refractivity contribution in [3.8, 4) is 11.5 Å². The molecule has 0 radical (unpaired) electrons. The van der Waals surface area contributed by atoms with Gasteiger partial charge in [0.2, 0.25) is 0 Å². The predicted molar refractivity (Wildman–Crippen MR) is 89.3 cm³/mol. The minimum absolute atomic E-state index is 0.253. The molecule has 0 atom stereocenters. The molecule has 2 rings (SSSR count). The molecule has 0 aliphatic heterocycles. The van der Waals surface area contributed by atoms with Gasteiger partial charge in [-0.15, -0.1) is 0 Å². The van der Waals surface area contributed by atoms with Gasteiger partial charge in [0.1, 0.15) is 18.1 Å². The van der Waals surface area contributed by atoms with Crippen molar-refractivity contribution in [3.05, 3.63) is 59.7 Å². The van der Waals surface area contributed by atoms with E-state index in [9.17, 15) is 9.59 Å². The SMILES string of the molecule is COc1cc(OCCCC(=O)OCc2ccccc2)ccc1C=O. The van der Waals surface area contributed by atoms with Gasteiger partial charge in [-0.2, -0.15) is 0 Å². The summed E-state index contributed by atoms with van der Waals surface area (Å²) in [6.07, 6.45) is 1.56. The molecule has 0 saturated heterocycles. The molecule has 0 amide bonds. The number of esters is 1. The molecule has 5 nitrogen and oxygen atoms in total. The second-order valence-corrected chi connectivity index (χ2v) is 5.12. The maximum Gasteiger partial charge on any atom is 0.306 e. The summed E-state index contributed by atoms with van der Waals surface area (Å²) in [4.78, 5) is 22.5. The third-order valence-electron chi connectivity index (χ3n) is 3.37. The topological polar surface area (TPSA) is 61.8 Å². The molecule has 24 heavy (non-hydrogen) atoms. The van der Waals surface area contributed by atoms with Gasteiger partial charge in [-0.3, -0.25) is 9.59 Å². The van der Waals surface area contributed by atoms with Gasteiger partial charge in [-0.1, -0.05) is 30.3 Å². The van der Waals surface area contributed by atoms with Crippen molar-refractivity contribution in [2.75, 3.05) is 13.7 Å². The molecule has 0 spiro atoms. The molecule has 0 unspecified atom stereocenters. The molecule has 126 valence electrons. The Kier molecular flexibility index (Phi) is 6.83. The van der Waals surface area contributed by atoms with Crippen molar-refractivity contribution >= 4 is 12.3 Å². The summed E-state index contributed by atoms with van der Waals surface area (Å²) < 4.78 is 15.9. The van der Waals surface area contributed by atoms with Crippen LogP contribution in [-0.4, -0.2) is 26.0 Å². The quantitative estimate of drug-likeness (QED) is 0.401. The summed E-state index contributed by atoms with van der Waals surface area (Å²) in [5.74, 6) is 0.802. The Morgan fingerprint density at radius 3 is 2.62 bits per heavy atom. The lowest BCUT2D eigenvalue weighted by atomic mass is 10.2. The van der Waals surface area contributed by atoms with Gasteiger partial charge < -0.3 is 14.2 Å². The summed E-state index contributed by atoms with van der Waals surface area (Å²) >= 11 is 0. The van der Waals surface area contributed by atoms with E-state index in [-0.39, 0.29) is 19.0 Å². The fourth-order valence-corrected chi connectivity index (χ4v) is 2.10. The third kappa shape index (κ3) is 5.43. The van der Waals surface area contributed by atoms with Gasteiger partial charge in [-0.05, 0) is 24.1 Å². The molecule has 0 fully saturated rings. The van der Waals surface area contributed by atoms with Crippen LogP contribution in [0.1, 0.15) is 28.8 Å². The molecule has 0 saturated carbocycles. The number of benzene rings is 2. The van der Waals surface area contributed by atoms with Gasteiger partial charge in [0, 0.05) is 12.5 Å². The maximum atomic E-state index is 11.7. The first-order valence-corrected chi connectivity index (χ1v) is 7.68. The van der Waals surface area contributed by atoms with Gasteiger partial charge >= 0.3 is 5.97 Å². The Morgan fingerprint density at radius 2 is 1.92 bits per heavy atom. The molecular weight excluding hydrogens is 308 g/mol. The highest BCUT2D eigenvalue weighted by Gasteiger charge is 2.06. The minimum atomic E-state index is -0.253.